The van der Waals surface area contributed by atoms with Gasteiger partial charge in [0, 0.05) is 0 Å². The highest BCUT2D eigenvalue weighted by molar-refractivity contribution is 5.85. The van der Waals surface area contributed by atoms with Crippen LogP contribution in [0.5, 0.6) is 0 Å². The minimum absolute atomic E-state index is 0. The van der Waals surface area contributed by atoms with Crippen LogP contribution in [0.1, 0.15) is 0 Å². The van der Waals surface area contributed by atoms with Crippen LogP contribution in [0.4, 0.5) is 4.70 Å². The van der Waals surface area contributed by atoms with Gasteiger partial charge in [0.1, 0.15) is 0 Å². The number of rotatable bonds is 0. The van der Waals surface area contributed by atoms with E-state index in [9.17, 15) is 0 Å². The largest absolute Gasteiger partial charge is 0.269 e. The molecular formula is C2H2ClFN2. The van der Waals surface area contributed by atoms with Crippen LogP contribution in [0, 0.1) is 22.7 Å². The van der Waals surface area contributed by atoms with Crippen molar-refractivity contribution in [2.75, 3.05) is 0 Å². The van der Waals surface area contributed by atoms with Gasteiger partial charge in [0.2, 0.25) is 0 Å². The van der Waals surface area contributed by atoms with Gasteiger partial charge in [0.15, 0.2) is 12.1 Å². The molecule has 0 heterocycles. The highest BCUT2D eigenvalue weighted by Gasteiger charge is 1.39. The monoisotopic (exact) mass is 108 g/mol. The molecule has 0 aliphatic rings. The Balaban J connectivity index is -0.0000000450. The quantitative estimate of drug-likeness (QED) is 0.456. The van der Waals surface area contributed by atoms with Crippen molar-refractivity contribution >= 4 is 12.4 Å². The van der Waals surface area contributed by atoms with Crippen LogP contribution < -0.4 is 0 Å². The Morgan fingerprint density at radius 1 is 1.00 bits per heavy atom. The van der Waals surface area contributed by atoms with E-state index in [1.807, 2.05) is 0 Å². The molecule has 4 heteroatoms. The second-order valence-corrected chi connectivity index (χ2v) is 0.224. The van der Waals surface area contributed by atoms with E-state index in [0.717, 1.165) is 0 Å². The van der Waals surface area contributed by atoms with Crippen molar-refractivity contribution in [1.29, 1.82) is 10.5 Å². The number of hydrogen-bond donors (Lipinski definition) is 0. The minimum atomic E-state index is 0. The molecule has 0 N–H and O–H groups in total. The zero-order valence-corrected chi connectivity index (χ0v) is 3.53. The van der Waals surface area contributed by atoms with Gasteiger partial charge in [0.05, 0.1) is 0 Å². The van der Waals surface area contributed by atoms with E-state index in [2.05, 4.69) is 0 Å². The predicted molar refractivity (Wildman–Crippen MR) is 21.0 cm³/mol. The third-order valence-corrected chi connectivity index (χ3v) is 0.0500. The average molecular weight is 109 g/mol. The fourth-order valence-corrected chi connectivity index (χ4v) is 0. The van der Waals surface area contributed by atoms with Crippen LogP contribution >= 0.6 is 12.4 Å². The first kappa shape index (κ1) is 19.0. The molecule has 0 bridgehead atoms. The number of hydrogen-bond acceptors (Lipinski definition) is 2. The molecule has 0 aliphatic carbocycles. The lowest BCUT2D eigenvalue weighted by atomic mass is 10.9. The minimum Gasteiger partial charge on any atom is -0.269 e. The van der Waals surface area contributed by atoms with E-state index >= 15 is 0 Å². The Bertz CT molecular complexity index is 66.5. The van der Waals surface area contributed by atoms with Crippen LogP contribution in [-0.4, -0.2) is 0 Å². The molecular weight excluding hydrogens is 106 g/mol. The van der Waals surface area contributed by atoms with Crippen molar-refractivity contribution in [3.8, 4) is 12.1 Å². The van der Waals surface area contributed by atoms with Crippen LogP contribution in [0.2, 0.25) is 0 Å². The first-order valence-corrected chi connectivity index (χ1v) is 0.697. The lowest BCUT2D eigenvalue weighted by Gasteiger charge is -1.16. The Hall–Kier alpha value is -0.800. The van der Waals surface area contributed by atoms with Crippen molar-refractivity contribution < 1.29 is 4.70 Å². The Kier molecular flexibility index (Phi) is 94.3. The summed E-state index contributed by atoms with van der Waals surface area (Å²) >= 11 is 0. The van der Waals surface area contributed by atoms with Crippen molar-refractivity contribution in [2.45, 2.75) is 0 Å². The first-order valence-electron chi connectivity index (χ1n) is 0.697. The standard InChI is InChI=1S/C2N2.ClH.FH/c3-1-2-4;;/h;2*1H. The van der Waals surface area contributed by atoms with Gasteiger partial charge >= 0.3 is 0 Å². The average Bonchev–Trinajstić information content (AvgIpc) is 1.37. The van der Waals surface area contributed by atoms with Gasteiger partial charge in [-0.2, -0.15) is 10.5 Å². The summed E-state index contributed by atoms with van der Waals surface area (Å²) in [6.45, 7) is 0. The van der Waals surface area contributed by atoms with Crippen LogP contribution in [-0.2, 0) is 0 Å². The van der Waals surface area contributed by atoms with Crippen LogP contribution in [0.3, 0.4) is 0 Å². The summed E-state index contributed by atoms with van der Waals surface area (Å²) in [5.74, 6) is 0. The topological polar surface area (TPSA) is 47.6 Å². The summed E-state index contributed by atoms with van der Waals surface area (Å²) in [5, 5.41) is 14.5. The molecule has 34 valence electrons. The predicted octanol–water partition coefficient (Wildman–Crippen LogP) is 0.608. The van der Waals surface area contributed by atoms with Gasteiger partial charge in [-0.15, -0.1) is 12.4 Å². The molecule has 6 heavy (non-hydrogen) atoms. The SMILES string of the molecule is Cl.F.N#CC#N. The fourth-order valence-electron chi connectivity index (χ4n) is 0. The molecule has 0 saturated heterocycles. The molecule has 0 rings (SSSR count). The zero-order chi connectivity index (χ0) is 3.41. The van der Waals surface area contributed by atoms with E-state index in [4.69, 9.17) is 10.5 Å². The van der Waals surface area contributed by atoms with Crippen molar-refractivity contribution in [1.82, 2.24) is 0 Å². The highest BCUT2D eigenvalue weighted by atomic mass is 35.5. The number of nitrogens with zero attached hydrogens (tertiary/aromatic N) is 2. The lowest BCUT2D eigenvalue weighted by molar-refractivity contribution is 1.11. The molecule has 0 aliphatic heterocycles. The summed E-state index contributed by atoms with van der Waals surface area (Å²) < 4.78 is 0. The molecule has 0 aromatic heterocycles. The lowest BCUT2D eigenvalue weighted by Crippen LogP contribution is -1.26. The van der Waals surface area contributed by atoms with Gasteiger partial charge < -0.3 is 0 Å². The summed E-state index contributed by atoms with van der Waals surface area (Å²) in [4.78, 5) is 0. The zero-order valence-electron chi connectivity index (χ0n) is 2.71. The summed E-state index contributed by atoms with van der Waals surface area (Å²) in [7, 11) is 0. The maximum absolute atomic E-state index is 7.26. The number of nitriles is 2. The van der Waals surface area contributed by atoms with Gasteiger partial charge in [-0.3, -0.25) is 4.70 Å². The molecule has 0 fully saturated rings. The van der Waals surface area contributed by atoms with E-state index in [1.54, 1.807) is 0 Å². The van der Waals surface area contributed by atoms with Crippen LogP contribution in [0.25, 0.3) is 0 Å². The van der Waals surface area contributed by atoms with Crippen molar-refractivity contribution in [3.05, 3.63) is 0 Å². The maximum atomic E-state index is 7.26. The van der Waals surface area contributed by atoms with E-state index in [1.165, 1.54) is 12.1 Å². The molecule has 0 aromatic carbocycles. The highest BCUT2D eigenvalue weighted by Crippen LogP contribution is 1.27. The summed E-state index contributed by atoms with van der Waals surface area (Å²) in [6, 6.07) is 2.47. The number of halogens is 2. The second kappa shape index (κ2) is 29.9. The second-order valence-electron chi connectivity index (χ2n) is 0.224. The molecule has 0 radical (unpaired) electrons. The van der Waals surface area contributed by atoms with Gasteiger partial charge in [-0.25, -0.2) is 0 Å². The molecule has 0 saturated carbocycles. The molecule has 0 aromatic rings. The smallest absolute Gasteiger partial charge is 0.181 e. The first-order chi connectivity index (χ1) is 1.91. The fraction of sp³-hybridized carbons (Fsp3) is 0. The Morgan fingerprint density at radius 3 is 1.17 bits per heavy atom. The Labute approximate surface area is 40.8 Å². The summed E-state index contributed by atoms with van der Waals surface area (Å²) in [5.41, 5.74) is 0. The Morgan fingerprint density at radius 2 is 1.17 bits per heavy atom. The molecule has 0 atom stereocenters. The third-order valence-electron chi connectivity index (χ3n) is 0.0500. The van der Waals surface area contributed by atoms with Gasteiger partial charge in [-0.05, 0) is 0 Å². The van der Waals surface area contributed by atoms with E-state index < -0.39 is 0 Å². The van der Waals surface area contributed by atoms with E-state index in [-0.39, 0.29) is 17.1 Å². The maximum Gasteiger partial charge on any atom is 0.181 e. The molecule has 0 amide bonds. The third kappa shape index (κ3) is 387. The van der Waals surface area contributed by atoms with E-state index in [0.29, 0.717) is 0 Å². The van der Waals surface area contributed by atoms with Gasteiger partial charge in [0.25, 0.3) is 0 Å². The van der Waals surface area contributed by atoms with Gasteiger partial charge in [-0.1, -0.05) is 0 Å². The summed E-state index contributed by atoms with van der Waals surface area (Å²) in [6.07, 6.45) is 0. The van der Waals surface area contributed by atoms with Crippen molar-refractivity contribution in [2.24, 2.45) is 0 Å². The van der Waals surface area contributed by atoms with Crippen LogP contribution in [0.15, 0.2) is 0 Å². The van der Waals surface area contributed by atoms with Crippen molar-refractivity contribution in [3.63, 3.8) is 0 Å². The molecule has 2 nitrogen and oxygen atoms in total. The molecule has 0 unspecified atom stereocenters. The normalized spacial score (nSPS) is 1.67. The molecule has 0 spiro atoms.